The van der Waals surface area contributed by atoms with E-state index in [9.17, 15) is 4.79 Å². The van der Waals surface area contributed by atoms with E-state index in [0.29, 0.717) is 17.4 Å². The average Bonchev–Trinajstić information content (AvgIpc) is 2.56. The Labute approximate surface area is 123 Å². The third kappa shape index (κ3) is 2.86. The zero-order chi connectivity index (χ0) is 14.7. The molecule has 0 atom stereocenters. The van der Waals surface area contributed by atoms with Crippen LogP contribution in [-0.2, 0) is 0 Å². The van der Waals surface area contributed by atoms with Gasteiger partial charge >= 0.3 is 0 Å². The van der Waals surface area contributed by atoms with Crippen molar-refractivity contribution in [3.8, 4) is 0 Å². The fourth-order valence-electron chi connectivity index (χ4n) is 2.82. The largest absolute Gasteiger partial charge is 0.383 e. The Morgan fingerprint density at radius 2 is 1.86 bits per heavy atom. The van der Waals surface area contributed by atoms with Crippen LogP contribution in [0.2, 0.25) is 0 Å². The Morgan fingerprint density at radius 3 is 2.52 bits per heavy atom. The molecule has 0 unspecified atom stereocenters. The predicted octanol–water partition coefficient (Wildman–Crippen LogP) is 2.08. The number of hydrogen-bond donors (Lipinski definition) is 1. The maximum atomic E-state index is 12.3. The fourth-order valence-corrected chi connectivity index (χ4v) is 2.82. The molecule has 1 aliphatic rings. The van der Waals surface area contributed by atoms with Gasteiger partial charge in [-0.2, -0.15) is 0 Å². The number of nitrogen functional groups attached to an aromatic ring is 1. The van der Waals surface area contributed by atoms with Gasteiger partial charge in [0.2, 0.25) is 0 Å². The number of nitrogens with zero attached hydrogens (tertiary/aromatic N) is 3. The van der Waals surface area contributed by atoms with E-state index in [4.69, 9.17) is 5.73 Å². The van der Waals surface area contributed by atoms with Gasteiger partial charge in [-0.3, -0.25) is 9.78 Å². The van der Waals surface area contributed by atoms with E-state index in [-0.39, 0.29) is 5.91 Å². The first-order chi connectivity index (χ1) is 10.3. The number of pyridine rings is 2. The zero-order valence-electron chi connectivity index (χ0n) is 11.8. The Bertz CT molecular complexity index is 621. The maximum Gasteiger partial charge on any atom is 0.272 e. The fraction of sp³-hybridized carbons (Fsp3) is 0.312. The van der Waals surface area contributed by atoms with Crippen molar-refractivity contribution in [1.29, 1.82) is 0 Å². The van der Waals surface area contributed by atoms with Gasteiger partial charge in [-0.05, 0) is 42.5 Å². The van der Waals surface area contributed by atoms with Crippen molar-refractivity contribution >= 4 is 11.7 Å². The quantitative estimate of drug-likeness (QED) is 0.915. The molecule has 0 radical (unpaired) electrons. The Hall–Kier alpha value is -2.43. The molecule has 0 spiro atoms. The lowest BCUT2D eigenvalue weighted by Gasteiger charge is -2.32. The third-order valence-electron chi connectivity index (χ3n) is 3.98. The van der Waals surface area contributed by atoms with E-state index >= 15 is 0 Å². The summed E-state index contributed by atoms with van der Waals surface area (Å²) in [5.41, 5.74) is 7.55. The van der Waals surface area contributed by atoms with Gasteiger partial charge in [-0.1, -0.05) is 12.1 Å². The molecule has 2 aromatic rings. The third-order valence-corrected chi connectivity index (χ3v) is 3.98. The minimum absolute atomic E-state index is 0.00760. The average molecular weight is 282 g/mol. The summed E-state index contributed by atoms with van der Waals surface area (Å²) in [6, 6.07) is 9.35. The molecule has 3 heterocycles. The highest BCUT2D eigenvalue weighted by molar-refractivity contribution is 5.92. The van der Waals surface area contributed by atoms with Crippen LogP contribution in [0.15, 0.2) is 42.7 Å². The van der Waals surface area contributed by atoms with Gasteiger partial charge in [-0.25, -0.2) is 4.98 Å². The zero-order valence-corrected chi connectivity index (χ0v) is 11.8. The van der Waals surface area contributed by atoms with Crippen molar-refractivity contribution < 1.29 is 4.79 Å². The minimum atomic E-state index is 0.00760. The second-order valence-electron chi connectivity index (χ2n) is 5.26. The first-order valence-electron chi connectivity index (χ1n) is 7.16. The molecule has 2 N–H and O–H groups in total. The summed E-state index contributed by atoms with van der Waals surface area (Å²) in [6.07, 6.45) is 5.18. The Morgan fingerprint density at radius 1 is 1.10 bits per heavy atom. The summed E-state index contributed by atoms with van der Waals surface area (Å²) < 4.78 is 0. The summed E-state index contributed by atoms with van der Waals surface area (Å²) in [5.74, 6) is 0.992. The molecule has 108 valence electrons. The molecule has 5 heteroatoms. The van der Waals surface area contributed by atoms with Crippen LogP contribution in [0.5, 0.6) is 0 Å². The monoisotopic (exact) mass is 282 g/mol. The highest BCUT2D eigenvalue weighted by Gasteiger charge is 2.26. The van der Waals surface area contributed by atoms with Gasteiger partial charge in [0.25, 0.3) is 5.91 Å². The summed E-state index contributed by atoms with van der Waals surface area (Å²) in [5, 5.41) is 0. The summed E-state index contributed by atoms with van der Waals surface area (Å²) in [6.45, 7) is 1.46. The van der Waals surface area contributed by atoms with Crippen LogP contribution in [-0.4, -0.2) is 33.9 Å². The number of rotatable bonds is 2. The van der Waals surface area contributed by atoms with Gasteiger partial charge in [0.1, 0.15) is 11.5 Å². The van der Waals surface area contributed by atoms with Crippen LogP contribution in [0.3, 0.4) is 0 Å². The van der Waals surface area contributed by atoms with Gasteiger partial charge < -0.3 is 10.6 Å². The van der Waals surface area contributed by atoms with E-state index in [0.717, 1.165) is 31.5 Å². The number of nitrogens with two attached hydrogens (primary N) is 1. The minimum Gasteiger partial charge on any atom is -0.383 e. The number of carbonyl (C=O) groups is 1. The molecular formula is C16H18N4O. The molecule has 5 nitrogen and oxygen atoms in total. The second-order valence-corrected chi connectivity index (χ2v) is 5.26. The number of piperidine rings is 1. The highest BCUT2D eigenvalue weighted by atomic mass is 16.2. The van der Waals surface area contributed by atoms with Crippen molar-refractivity contribution in [3.63, 3.8) is 0 Å². The van der Waals surface area contributed by atoms with Crippen molar-refractivity contribution in [3.05, 3.63) is 54.0 Å². The van der Waals surface area contributed by atoms with Crippen LogP contribution in [0, 0.1) is 0 Å². The van der Waals surface area contributed by atoms with Gasteiger partial charge in [0, 0.05) is 25.5 Å². The normalized spacial score (nSPS) is 15.9. The predicted molar refractivity (Wildman–Crippen MR) is 80.8 cm³/mol. The number of anilines is 1. The van der Waals surface area contributed by atoms with Crippen LogP contribution in [0.4, 0.5) is 5.82 Å². The number of amides is 1. The first-order valence-corrected chi connectivity index (χ1v) is 7.16. The first kappa shape index (κ1) is 13.5. The van der Waals surface area contributed by atoms with Crippen molar-refractivity contribution in [2.45, 2.75) is 18.8 Å². The molecular weight excluding hydrogens is 264 g/mol. The molecule has 21 heavy (non-hydrogen) atoms. The van der Waals surface area contributed by atoms with Crippen LogP contribution >= 0.6 is 0 Å². The summed E-state index contributed by atoms with van der Waals surface area (Å²) >= 11 is 0. The van der Waals surface area contributed by atoms with E-state index in [1.165, 1.54) is 0 Å². The molecule has 0 aliphatic carbocycles. The van der Waals surface area contributed by atoms with E-state index in [1.54, 1.807) is 18.5 Å². The standard InChI is InChI=1S/C16H18N4O/c17-15-13(4-3-9-19-15)12-6-10-20(11-7-12)16(21)14-5-1-2-8-18-14/h1-5,8-9,12H,6-7,10-11H2,(H2,17,19). The van der Waals surface area contributed by atoms with Gasteiger partial charge in [-0.15, -0.1) is 0 Å². The lowest BCUT2D eigenvalue weighted by atomic mass is 9.89. The van der Waals surface area contributed by atoms with Crippen LogP contribution in [0.25, 0.3) is 0 Å². The molecule has 0 saturated carbocycles. The lowest BCUT2D eigenvalue weighted by Crippen LogP contribution is -2.38. The highest BCUT2D eigenvalue weighted by Crippen LogP contribution is 2.30. The number of hydrogen-bond acceptors (Lipinski definition) is 4. The Kier molecular flexibility index (Phi) is 3.81. The number of carbonyl (C=O) groups excluding carboxylic acids is 1. The van der Waals surface area contributed by atoms with Crippen molar-refractivity contribution in [1.82, 2.24) is 14.9 Å². The van der Waals surface area contributed by atoms with Gasteiger partial charge in [0.05, 0.1) is 0 Å². The summed E-state index contributed by atoms with van der Waals surface area (Å²) in [4.78, 5) is 22.5. The molecule has 3 rings (SSSR count). The number of likely N-dealkylation sites (tertiary alicyclic amines) is 1. The van der Waals surface area contributed by atoms with Crippen molar-refractivity contribution in [2.75, 3.05) is 18.8 Å². The molecule has 1 fully saturated rings. The van der Waals surface area contributed by atoms with Crippen LogP contribution in [0.1, 0.15) is 34.8 Å². The molecule has 1 amide bonds. The van der Waals surface area contributed by atoms with Crippen LogP contribution < -0.4 is 5.73 Å². The van der Waals surface area contributed by atoms with Crippen molar-refractivity contribution in [2.24, 2.45) is 0 Å². The maximum absolute atomic E-state index is 12.3. The topological polar surface area (TPSA) is 72.1 Å². The second kappa shape index (κ2) is 5.91. The SMILES string of the molecule is Nc1ncccc1C1CCN(C(=O)c2ccccn2)CC1. The molecule has 2 aromatic heterocycles. The number of aromatic nitrogens is 2. The lowest BCUT2D eigenvalue weighted by molar-refractivity contribution is 0.0707. The summed E-state index contributed by atoms with van der Waals surface area (Å²) in [7, 11) is 0. The van der Waals surface area contributed by atoms with Gasteiger partial charge in [0.15, 0.2) is 0 Å². The molecule has 1 saturated heterocycles. The molecule has 0 bridgehead atoms. The smallest absolute Gasteiger partial charge is 0.272 e. The molecule has 1 aliphatic heterocycles. The van der Waals surface area contributed by atoms with E-state index < -0.39 is 0 Å². The van der Waals surface area contributed by atoms with E-state index in [2.05, 4.69) is 9.97 Å². The molecule has 0 aromatic carbocycles. The Balaban J connectivity index is 1.66. The van der Waals surface area contributed by atoms with E-state index in [1.807, 2.05) is 29.2 Å².